The highest BCUT2D eigenvalue weighted by atomic mass is 16.5. The van der Waals surface area contributed by atoms with Gasteiger partial charge in [0.2, 0.25) is 0 Å². The number of carboxylic acid groups (broad SMARTS) is 1. The van der Waals surface area contributed by atoms with Gasteiger partial charge in [0.15, 0.2) is 0 Å². The maximum absolute atomic E-state index is 12.5. The van der Waals surface area contributed by atoms with Gasteiger partial charge in [0.1, 0.15) is 5.75 Å². The molecule has 0 aromatic heterocycles. The van der Waals surface area contributed by atoms with Gasteiger partial charge < -0.3 is 20.1 Å². The third-order valence-corrected chi connectivity index (χ3v) is 6.43. The van der Waals surface area contributed by atoms with Crippen molar-refractivity contribution in [2.45, 2.75) is 84.2 Å². The van der Waals surface area contributed by atoms with Crippen LogP contribution in [0.4, 0.5) is 0 Å². The second-order valence-electron chi connectivity index (χ2n) is 9.41. The van der Waals surface area contributed by atoms with Gasteiger partial charge in [0.05, 0.1) is 13.7 Å². The molecule has 0 aliphatic rings. The molecule has 0 fully saturated rings. The van der Waals surface area contributed by atoms with Gasteiger partial charge in [-0.3, -0.25) is 9.59 Å². The number of nitrogens with one attached hydrogen (secondary N) is 1. The molecule has 2 aromatic carbocycles. The number of hydrogen-bond donors (Lipinski definition) is 2. The lowest BCUT2D eigenvalue weighted by atomic mass is 10.1. The highest BCUT2D eigenvalue weighted by molar-refractivity contribution is 6.31. The van der Waals surface area contributed by atoms with E-state index in [1.807, 2.05) is 12.1 Å². The topological polar surface area (TPSA) is 95.9 Å². The molecule has 0 bridgehead atoms. The first-order valence-electron chi connectivity index (χ1n) is 13.5. The largest absolute Gasteiger partial charge is 0.496 e. The van der Waals surface area contributed by atoms with Crippen molar-refractivity contribution >= 4 is 17.8 Å². The van der Waals surface area contributed by atoms with Crippen molar-refractivity contribution in [3.8, 4) is 5.75 Å². The summed E-state index contributed by atoms with van der Waals surface area (Å²) < 4.78 is 5.33. The molecule has 0 unspecified atom stereocenters. The van der Waals surface area contributed by atoms with Gasteiger partial charge >= 0.3 is 11.9 Å². The van der Waals surface area contributed by atoms with Gasteiger partial charge in [-0.15, -0.1) is 0 Å². The quantitative estimate of drug-likeness (QED) is 0.202. The van der Waals surface area contributed by atoms with Crippen LogP contribution in [0.15, 0.2) is 48.5 Å². The molecular weight excluding hydrogens is 468 g/mol. The van der Waals surface area contributed by atoms with E-state index in [4.69, 9.17) is 4.74 Å². The van der Waals surface area contributed by atoms with Crippen LogP contribution in [0.2, 0.25) is 0 Å². The van der Waals surface area contributed by atoms with E-state index in [1.165, 1.54) is 63.4 Å². The Hall–Kier alpha value is -3.35. The van der Waals surface area contributed by atoms with Gasteiger partial charge in [0.25, 0.3) is 5.91 Å². The molecule has 2 N–H and O–H groups in total. The fourth-order valence-corrected chi connectivity index (χ4v) is 4.27. The number of carbonyl (C=O) groups excluding carboxylic acids is 2. The van der Waals surface area contributed by atoms with Crippen molar-refractivity contribution in [1.29, 1.82) is 0 Å². The summed E-state index contributed by atoms with van der Waals surface area (Å²) in [6, 6.07) is 14.1. The predicted octanol–water partition coefficient (Wildman–Crippen LogP) is 5.96. The van der Waals surface area contributed by atoms with Crippen molar-refractivity contribution < 1.29 is 24.2 Å². The SMILES string of the molecule is CCCCCCCCCCCCNC(=O)c1ccc(CN(Cc2ccccc2OC)C(=O)C(=O)O)cc1. The van der Waals surface area contributed by atoms with E-state index >= 15 is 0 Å². The van der Waals surface area contributed by atoms with E-state index in [0.717, 1.165) is 18.4 Å². The lowest BCUT2D eigenvalue weighted by Crippen LogP contribution is -2.35. The Balaban J connectivity index is 1.79. The second kappa shape index (κ2) is 17.2. The monoisotopic (exact) mass is 510 g/mol. The zero-order chi connectivity index (χ0) is 26.9. The van der Waals surface area contributed by atoms with E-state index in [2.05, 4.69) is 12.2 Å². The molecule has 2 amide bonds. The number of rotatable bonds is 17. The summed E-state index contributed by atoms with van der Waals surface area (Å²) in [7, 11) is 1.53. The summed E-state index contributed by atoms with van der Waals surface area (Å²) in [6.07, 6.45) is 12.5. The molecule has 0 saturated carbocycles. The van der Waals surface area contributed by atoms with Gasteiger partial charge in [-0.05, 0) is 30.2 Å². The van der Waals surface area contributed by atoms with Crippen molar-refractivity contribution in [2.24, 2.45) is 0 Å². The smallest absolute Gasteiger partial charge is 0.394 e. The van der Waals surface area contributed by atoms with Crippen molar-refractivity contribution in [3.05, 3.63) is 65.2 Å². The molecule has 202 valence electrons. The van der Waals surface area contributed by atoms with E-state index in [1.54, 1.807) is 36.4 Å². The molecule has 37 heavy (non-hydrogen) atoms. The fourth-order valence-electron chi connectivity index (χ4n) is 4.27. The molecule has 2 rings (SSSR count). The Bertz CT molecular complexity index is 974. The Morgan fingerprint density at radius 1 is 0.811 bits per heavy atom. The number of nitrogens with zero attached hydrogens (tertiary/aromatic N) is 1. The number of hydrogen-bond acceptors (Lipinski definition) is 4. The number of amides is 2. The predicted molar refractivity (Wildman–Crippen MR) is 146 cm³/mol. The van der Waals surface area contributed by atoms with E-state index in [0.29, 0.717) is 23.4 Å². The molecule has 7 nitrogen and oxygen atoms in total. The van der Waals surface area contributed by atoms with Crippen LogP contribution in [0.25, 0.3) is 0 Å². The minimum Gasteiger partial charge on any atom is -0.496 e. The maximum atomic E-state index is 12.5. The number of aliphatic carboxylic acids is 1. The van der Waals surface area contributed by atoms with Crippen LogP contribution in [-0.4, -0.2) is 41.4 Å². The molecule has 0 saturated heterocycles. The van der Waals surface area contributed by atoms with Gasteiger partial charge in [-0.1, -0.05) is 95.0 Å². The number of methoxy groups -OCH3 is 1. The molecule has 7 heteroatoms. The van der Waals surface area contributed by atoms with Crippen molar-refractivity contribution in [2.75, 3.05) is 13.7 Å². The minimum absolute atomic E-state index is 0.0935. The summed E-state index contributed by atoms with van der Waals surface area (Å²) in [6.45, 7) is 3.08. The number of carboxylic acids is 1. The first-order valence-corrected chi connectivity index (χ1v) is 13.5. The zero-order valence-electron chi connectivity index (χ0n) is 22.3. The summed E-state index contributed by atoms with van der Waals surface area (Å²) in [5.74, 6) is -2.06. The Morgan fingerprint density at radius 3 is 2.00 bits per heavy atom. The highest BCUT2D eigenvalue weighted by Gasteiger charge is 2.22. The van der Waals surface area contributed by atoms with E-state index in [-0.39, 0.29) is 19.0 Å². The van der Waals surface area contributed by atoms with Crippen LogP contribution in [0.3, 0.4) is 0 Å². The Kier molecular flexibility index (Phi) is 13.9. The minimum atomic E-state index is -1.52. The van der Waals surface area contributed by atoms with Crippen molar-refractivity contribution in [1.82, 2.24) is 10.2 Å². The standard InChI is InChI=1S/C30H42N2O5/c1-3-4-5-6-7-8-9-10-11-14-21-31-28(33)25-19-17-24(18-20-25)22-32(29(34)30(35)36)23-26-15-12-13-16-27(26)37-2/h12-13,15-20H,3-11,14,21-23H2,1-2H3,(H,31,33)(H,35,36). The van der Waals surface area contributed by atoms with Crippen LogP contribution in [0.5, 0.6) is 5.75 Å². The lowest BCUT2D eigenvalue weighted by Gasteiger charge is -2.22. The average Bonchev–Trinajstić information content (AvgIpc) is 2.91. The molecule has 2 aromatic rings. The maximum Gasteiger partial charge on any atom is 0.394 e. The first kappa shape index (κ1) is 29.9. The summed E-state index contributed by atoms with van der Waals surface area (Å²) >= 11 is 0. The van der Waals surface area contributed by atoms with Crippen LogP contribution in [-0.2, 0) is 22.7 Å². The molecule has 0 radical (unpaired) electrons. The summed E-state index contributed by atoms with van der Waals surface area (Å²) in [5.41, 5.74) is 1.98. The first-order chi connectivity index (χ1) is 18.0. The Labute approximate surface area is 221 Å². The van der Waals surface area contributed by atoms with Gasteiger partial charge in [0, 0.05) is 24.2 Å². The molecule has 0 atom stereocenters. The van der Waals surface area contributed by atoms with Crippen LogP contribution in [0, 0.1) is 0 Å². The van der Waals surface area contributed by atoms with Crippen molar-refractivity contribution in [3.63, 3.8) is 0 Å². The number of unbranched alkanes of at least 4 members (excludes halogenated alkanes) is 9. The molecule has 0 aliphatic carbocycles. The zero-order valence-corrected chi connectivity index (χ0v) is 22.3. The van der Waals surface area contributed by atoms with E-state index in [9.17, 15) is 19.5 Å². The number of benzene rings is 2. The average molecular weight is 511 g/mol. The Morgan fingerprint density at radius 2 is 1.41 bits per heavy atom. The molecule has 0 heterocycles. The molecule has 0 spiro atoms. The van der Waals surface area contributed by atoms with Crippen LogP contribution < -0.4 is 10.1 Å². The summed E-state index contributed by atoms with van der Waals surface area (Å²) in [4.78, 5) is 37.5. The van der Waals surface area contributed by atoms with Crippen LogP contribution in [0.1, 0.15) is 92.6 Å². The second-order valence-corrected chi connectivity index (χ2v) is 9.41. The van der Waals surface area contributed by atoms with Crippen LogP contribution >= 0.6 is 0 Å². The highest BCUT2D eigenvalue weighted by Crippen LogP contribution is 2.21. The summed E-state index contributed by atoms with van der Waals surface area (Å²) in [5, 5.41) is 12.2. The number of para-hydroxylation sites is 1. The fraction of sp³-hybridized carbons (Fsp3) is 0.500. The molecular formula is C30H42N2O5. The van der Waals surface area contributed by atoms with Gasteiger partial charge in [-0.25, -0.2) is 4.79 Å². The number of ether oxygens (including phenoxy) is 1. The van der Waals surface area contributed by atoms with E-state index < -0.39 is 11.9 Å². The van der Waals surface area contributed by atoms with Gasteiger partial charge in [-0.2, -0.15) is 0 Å². The lowest BCUT2D eigenvalue weighted by molar-refractivity contribution is -0.156. The third-order valence-electron chi connectivity index (χ3n) is 6.43. The molecule has 0 aliphatic heterocycles. The normalized spacial score (nSPS) is 10.6. The third kappa shape index (κ3) is 11.1. The number of carbonyl (C=O) groups is 3.